The van der Waals surface area contributed by atoms with Gasteiger partial charge in [-0.25, -0.2) is 9.67 Å². The van der Waals surface area contributed by atoms with Gasteiger partial charge in [-0.05, 0) is 36.8 Å². The van der Waals surface area contributed by atoms with E-state index in [9.17, 15) is 0 Å². The Balaban J connectivity index is 1.72. The van der Waals surface area contributed by atoms with Crippen molar-refractivity contribution in [2.75, 3.05) is 5.32 Å². The lowest BCUT2D eigenvalue weighted by atomic mass is 10.1. The molecule has 20 heavy (non-hydrogen) atoms. The minimum absolute atomic E-state index is 0.182. The van der Waals surface area contributed by atoms with Crippen LogP contribution in [0, 0.1) is 0 Å². The lowest BCUT2D eigenvalue weighted by molar-refractivity contribution is 0.842. The maximum Gasteiger partial charge on any atom is 0.153 e. The summed E-state index contributed by atoms with van der Waals surface area (Å²) in [5.74, 6) is 0.801. The van der Waals surface area contributed by atoms with Crippen molar-refractivity contribution in [2.45, 2.75) is 13.0 Å². The number of pyridine rings is 2. The molecule has 0 bridgehead atoms. The molecule has 0 fully saturated rings. The summed E-state index contributed by atoms with van der Waals surface area (Å²) in [6.45, 7) is 2.10. The molecule has 3 aromatic heterocycles. The van der Waals surface area contributed by atoms with Gasteiger partial charge in [0, 0.05) is 24.8 Å². The third-order valence-electron chi connectivity index (χ3n) is 3.05. The van der Waals surface area contributed by atoms with E-state index >= 15 is 0 Å². The molecule has 0 saturated heterocycles. The zero-order valence-corrected chi connectivity index (χ0v) is 11.1. The fraction of sp³-hybridized carbons (Fsp3) is 0.133. The maximum atomic E-state index is 4.39. The van der Waals surface area contributed by atoms with Crippen molar-refractivity contribution in [2.24, 2.45) is 0 Å². The van der Waals surface area contributed by atoms with E-state index in [0.717, 1.165) is 17.1 Å². The zero-order chi connectivity index (χ0) is 13.8. The molecule has 1 atom stereocenters. The molecule has 0 aliphatic rings. The van der Waals surface area contributed by atoms with Gasteiger partial charge in [-0.15, -0.1) is 0 Å². The Labute approximate surface area is 117 Å². The summed E-state index contributed by atoms with van der Waals surface area (Å²) in [4.78, 5) is 8.52. The highest BCUT2D eigenvalue weighted by Crippen LogP contribution is 2.18. The molecule has 0 aromatic carbocycles. The van der Waals surface area contributed by atoms with Gasteiger partial charge in [-0.2, -0.15) is 5.10 Å². The van der Waals surface area contributed by atoms with E-state index in [0.29, 0.717) is 0 Å². The number of hydrogen-bond acceptors (Lipinski definition) is 4. The monoisotopic (exact) mass is 265 g/mol. The number of anilines is 1. The van der Waals surface area contributed by atoms with Gasteiger partial charge >= 0.3 is 0 Å². The fourth-order valence-corrected chi connectivity index (χ4v) is 1.98. The first-order chi connectivity index (χ1) is 9.83. The zero-order valence-electron chi connectivity index (χ0n) is 11.1. The molecule has 0 spiro atoms. The van der Waals surface area contributed by atoms with Gasteiger partial charge in [0.15, 0.2) is 5.82 Å². The van der Waals surface area contributed by atoms with Crippen molar-refractivity contribution in [3.63, 3.8) is 0 Å². The summed E-state index contributed by atoms with van der Waals surface area (Å²) >= 11 is 0. The van der Waals surface area contributed by atoms with Crippen LogP contribution in [0.5, 0.6) is 0 Å². The van der Waals surface area contributed by atoms with Crippen LogP contribution in [0.2, 0.25) is 0 Å². The molecule has 0 aliphatic carbocycles. The fourth-order valence-electron chi connectivity index (χ4n) is 1.98. The highest BCUT2D eigenvalue weighted by Gasteiger charge is 2.05. The molecule has 100 valence electrons. The topological polar surface area (TPSA) is 55.6 Å². The highest BCUT2D eigenvalue weighted by atomic mass is 15.3. The molecule has 1 N–H and O–H groups in total. The van der Waals surface area contributed by atoms with Gasteiger partial charge in [0.1, 0.15) is 0 Å². The standard InChI is InChI=1S/C15H15N5/c1-12(13-4-2-7-16-10-13)19-14-5-6-15(17-11-14)20-9-3-8-18-20/h2-12,19H,1H3. The van der Waals surface area contributed by atoms with Crippen molar-refractivity contribution < 1.29 is 0 Å². The van der Waals surface area contributed by atoms with Crippen molar-refractivity contribution in [3.8, 4) is 5.82 Å². The van der Waals surface area contributed by atoms with Gasteiger partial charge in [-0.3, -0.25) is 4.98 Å². The number of nitrogens with zero attached hydrogens (tertiary/aromatic N) is 4. The Morgan fingerprint density at radius 2 is 2.05 bits per heavy atom. The lowest BCUT2D eigenvalue weighted by Gasteiger charge is -2.15. The number of nitrogens with one attached hydrogen (secondary N) is 1. The minimum atomic E-state index is 0.182. The number of aromatic nitrogens is 4. The van der Waals surface area contributed by atoms with E-state index in [1.165, 1.54) is 0 Å². The molecule has 0 aliphatic heterocycles. The van der Waals surface area contributed by atoms with Crippen molar-refractivity contribution in [1.82, 2.24) is 19.7 Å². The second-order valence-corrected chi connectivity index (χ2v) is 4.51. The van der Waals surface area contributed by atoms with E-state index in [1.54, 1.807) is 17.1 Å². The lowest BCUT2D eigenvalue weighted by Crippen LogP contribution is -2.07. The number of rotatable bonds is 4. The van der Waals surface area contributed by atoms with E-state index in [2.05, 4.69) is 33.4 Å². The van der Waals surface area contributed by atoms with Crippen LogP contribution in [0.3, 0.4) is 0 Å². The normalized spacial score (nSPS) is 12.1. The molecule has 0 radical (unpaired) electrons. The van der Waals surface area contributed by atoms with Gasteiger partial charge in [0.25, 0.3) is 0 Å². The van der Waals surface area contributed by atoms with Crippen LogP contribution < -0.4 is 5.32 Å². The van der Waals surface area contributed by atoms with Crippen LogP contribution in [0.4, 0.5) is 5.69 Å². The molecular formula is C15H15N5. The Bertz CT molecular complexity index is 647. The summed E-state index contributed by atoms with van der Waals surface area (Å²) in [6, 6.07) is 9.98. The Kier molecular flexibility index (Phi) is 3.41. The second-order valence-electron chi connectivity index (χ2n) is 4.51. The Hall–Kier alpha value is -2.69. The number of hydrogen-bond donors (Lipinski definition) is 1. The van der Waals surface area contributed by atoms with Crippen molar-refractivity contribution in [1.29, 1.82) is 0 Å². The summed E-state index contributed by atoms with van der Waals surface area (Å²) in [7, 11) is 0. The van der Waals surface area contributed by atoms with Gasteiger partial charge in [0.2, 0.25) is 0 Å². The van der Waals surface area contributed by atoms with Crippen LogP contribution >= 0.6 is 0 Å². The molecule has 3 rings (SSSR count). The second kappa shape index (κ2) is 5.52. The first kappa shape index (κ1) is 12.3. The average Bonchev–Trinajstić information content (AvgIpc) is 3.03. The van der Waals surface area contributed by atoms with Crippen LogP contribution in [-0.4, -0.2) is 19.7 Å². The predicted molar refractivity (Wildman–Crippen MR) is 77.6 cm³/mol. The van der Waals surface area contributed by atoms with Crippen LogP contribution in [0.15, 0.2) is 61.3 Å². The van der Waals surface area contributed by atoms with Gasteiger partial charge in [0.05, 0.1) is 17.9 Å². The van der Waals surface area contributed by atoms with Gasteiger partial charge in [-0.1, -0.05) is 6.07 Å². The van der Waals surface area contributed by atoms with Crippen LogP contribution in [0.1, 0.15) is 18.5 Å². The maximum absolute atomic E-state index is 4.39. The largest absolute Gasteiger partial charge is 0.377 e. The smallest absolute Gasteiger partial charge is 0.153 e. The average molecular weight is 265 g/mol. The van der Waals surface area contributed by atoms with E-state index in [1.807, 2.05) is 42.9 Å². The van der Waals surface area contributed by atoms with E-state index in [-0.39, 0.29) is 6.04 Å². The van der Waals surface area contributed by atoms with Crippen LogP contribution in [-0.2, 0) is 0 Å². The van der Waals surface area contributed by atoms with E-state index in [4.69, 9.17) is 0 Å². The molecule has 5 heteroatoms. The highest BCUT2D eigenvalue weighted by molar-refractivity contribution is 5.45. The summed E-state index contributed by atoms with van der Waals surface area (Å²) in [6.07, 6.45) is 9.05. The minimum Gasteiger partial charge on any atom is -0.377 e. The Morgan fingerprint density at radius 3 is 2.70 bits per heavy atom. The van der Waals surface area contributed by atoms with Crippen LogP contribution in [0.25, 0.3) is 5.82 Å². The molecule has 0 amide bonds. The summed E-state index contributed by atoms with van der Waals surface area (Å²) in [5.41, 5.74) is 2.11. The molecule has 1 unspecified atom stereocenters. The molecule has 3 aromatic rings. The third-order valence-corrected chi connectivity index (χ3v) is 3.05. The van der Waals surface area contributed by atoms with E-state index < -0.39 is 0 Å². The molecule has 5 nitrogen and oxygen atoms in total. The molecule has 0 saturated carbocycles. The molecule has 3 heterocycles. The third kappa shape index (κ3) is 2.66. The SMILES string of the molecule is CC(Nc1ccc(-n2cccn2)nc1)c1cccnc1. The summed E-state index contributed by atoms with van der Waals surface area (Å²) < 4.78 is 1.73. The first-order valence-electron chi connectivity index (χ1n) is 6.45. The molecular weight excluding hydrogens is 250 g/mol. The quantitative estimate of drug-likeness (QED) is 0.788. The van der Waals surface area contributed by atoms with Crippen molar-refractivity contribution in [3.05, 3.63) is 66.9 Å². The predicted octanol–water partition coefficient (Wildman–Crippen LogP) is 2.84. The van der Waals surface area contributed by atoms with Gasteiger partial charge < -0.3 is 5.32 Å². The first-order valence-corrected chi connectivity index (χ1v) is 6.45. The Morgan fingerprint density at radius 1 is 1.10 bits per heavy atom. The van der Waals surface area contributed by atoms with Crippen molar-refractivity contribution >= 4 is 5.69 Å². The summed E-state index contributed by atoms with van der Waals surface area (Å²) in [5, 5.41) is 7.55.